The van der Waals surface area contributed by atoms with Crippen LogP contribution in [0, 0.1) is 5.92 Å². The summed E-state index contributed by atoms with van der Waals surface area (Å²) < 4.78 is 4.82. The lowest BCUT2D eigenvalue weighted by Crippen LogP contribution is -2.16. The molecule has 1 atom stereocenters. The minimum absolute atomic E-state index is 0.0755. The average Bonchev–Trinajstić information content (AvgIpc) is 2.04. The summed E-state index contributed by atoms with van der Waals surface area (Å²) in [6.07, 6.45) is 3.45. The predicted molar refractivity (Wildman–Crippen MR) is 63.4 cm³/mol. The van der Waals surface area contributed by atoms with Gasteiger partial charge in [0.15, 0.2) is 0 Å². The Morgan fingerprint density at radius 3 is 2.50 bits per heavy atom. The quantitative estimate of drug-likeness (QED) is 0.580. The van der Waals surface area contributed by atoms with Crippen LogP contribution >= 0.6 is 18.9 Å². The van der Waals surface area contributed by atoms with E-state index in [1.54, 1.807) is 6.08 Å². The van der Waals surface area contributed by atoms with Crippen LogP contribution in [0.3, 0.4) is 0 Å². The van der Waals surface area contributed by atoms with Crippen LogP contribution in [0.25, 0.3) is 0 Å². The highest BCUT2D eigenvalue weighted by Gasteiger charge is 2.23. The van der Waals surface area contributed by atoms with Crippen molar-refractivity contribution in [1.29, 1.82) is 0 Å². The Morgan fingerprint density at radius 1 is 1.43 bits per heavy atom. The van der Waals surface area contributed by atoms with Crippen LogP contribution in [0.4, 0.5) is 0 Å². The van der Waals surface area contributed by atoms with Crippen molar-refractivity contribution in [2.24, 2.45) is 5.92 Å². The molecule has 0 spiro atoms. The Balaban J connectivity index is 2.91. The summed E-state index contributed by atoms with van der Waals surface area (Å²) in [5, 5.41) is 0. The number of hydrogen-bond acceptors (Lipinski definition) is 3. The summed E-state index contributed by atoms with van der Waals surface area (Å²) in [5.41, 5.74) is 1.12. The fraction of sp³-hybridized carbons (Fsp3) is 0.375. The highest BCUT2D eigenvalue weighted by molar-refractivity contribution is 8.06. The van der Waals surface area contributed by atoms with Gasteiger partial charge in [-0.25, -0.2) is 0 Å². The van der Waals surface area contributed by atoms with Gasteiger partial charge in [0.1, 0.15) is 5.76 Å². The number of hydrogen-bond donors (Lipinski definition) is 2. The Hall–Kier alpha value is -0.0600. The van der Waals surface area contributed by atoms with Crippen molar-refractivity contribution in [3.05, 3.63) is 23.5 Å². The van der Waals surface area contributed by atoms with Gasteiger partial charge in [0, 0.05) is 17.7 Å². The molecule has 14 heavy (non-hydrogen) atoms. The fourth-order valence-electron chi connectivity index (χ4n) is 1.06. The molecule has 0 radical (unpaired) electrons. The molecule has 0 amide bonds. The van der Waals surface area contributed by atoms with E-state index in [1.165, 1.54) is 0 Å². The SMILES string of the molecule is CC1=CC=C(OP(O)(O)=S)C(=S)C1C. The highest BCUT2D eigenvalue weighted by atomic mass is 32.5. The Kier molecular flexibility index (Phi) is 3.61. The largest absolute Gasteiger partial charge is 0.423 e. The molecule has 3 nitrogen and oxygen atoms in total. The zero-order valence-corrected chi connectivity index (χ0v) is 10.3. The average molecular weight is 250 g/mol. The number of thiocarbonyl (C=S) groups is 1. The molecule has 0 heterocycles. The molecule has 0 aromatic rings. The summed E-state index contributed by atoms with van der Waals surface area (Å²) in [4.78, 5) is 18.5. The maximum absolute atomic E-state index is 8.98. The first-order valence-electron chi connectivity index (χ1n) is 3.99. The molecule has 0 aromatic carbocycles. The zero-order valence-electron chi connectivity index (χ0n) is 7.80. The second kappa shape index (κ2) is 4.21. The van der Waals surface area contributed by atoms with Crippen molar-refractivity contribution >= 4 is 35.6 Å². The van der Waals surface area contributed by atoms with Crippen LogP contribution in [0.2, 0.25) is 0 Å². The number of allylic oxidation sites excluding steroid dienone is 4. The van der Waals surface area contributed by atoms with E-state index in [0.29, 0.717) is 10.6 Å². The molecule has 1 rings (SSSR count). The van der Waals surface area contributed by atoms with E-state index in [0.717, 1.165) is 5.57 Å². The van der Waals surface area contributed by atoms with E-state index in [4.69, 9.17) is 26.5 Å². The molecule has 1 aliphatic carbocycles. The third kappa shape index (κ3) is 2.97. The lowest BCUT2D eigenvalue weighted by atomic mass is 9.93. The van der Waals surface area contributed by atoms with Crippen LogP contribution in [0.5, 0.6) is 0 Å². The molecular weight excluding hydrogens is 239 g/mol. The normalized spacial score (nSPS) is 22.9. The van der Waals surface area contributed by atoms with Gasteiger partial charge in [0.25, 0.3) is 0 Å². The van der Waals surface area contributed by atoms with Gasteiger partial charge in [-0.05, 0) is 13.0 Å². The smallest absolute Gasteiger partial charge is 0.375 e. The van der Waals surface area contributed by atoms with E-state index in [2.05, 4.69) is 11.8 Å². The molecule has 0 bridgehead atoms. The molecule has 78 valence electrons. The minimum atomic E-state index is -3.67. The minimum Gasteiger partial charge on any atom is -0.423 e. The molecule has 0 aromatic heterocycles. The van der Waals surface area contributed by atoms with Crippen LogP contribution in [-0.2, 0) is 16.3 Å². The predicted octanol–water partition coefficient (Wildman–Crippen LogP) is 2.06. The van der Waals surface area contributed by atoms with Gasteiger partial charge in [0.2, 0.25) is 0 Å². The Morgan fingerprint density at radius 2 is 2.00 bits per heavy atom. The van der Waals surface area contributed by atoms with Crippen molar-refractivity contribution in [2.75, 3.05) is 0 Å². The van der Waals surface area contributed by atoms with E-state index in [9.17, 15) is 0 Å². The van der Waals surface area contributed by atoms with Gasteiger partial charge >= 0.3 is 6.72 Å². The third-order valence-corrected chi connectivity index (χ3v) is 3.25. The van der Waals surface area contributed by atoms with Crippen molar-refractivity contribution in [2.45, 2.75) is 13.8 Å². The van der Waals surface area contributed by atoms with E-state index in [1.807, 2.05) is 19.9 Å². The van der Waals surface area contributed by atoms with E-state index in [-0.39, 0.29) is 5.92 Å². The second-order valence-corrected chi connectivity index (χ2v) is 6.14. The van der Waals surface area contributed by atoms with Crippen molar-refractivity contribution in [3.63, 3.8) is 0 Å². The maximum Gasteiger partial charge on any atom is 0.375 e. The van der Waals surface area contributed by atoms with Gasteiger partial charge in [0.05, 0.1) is 4.86 Å². The fourth-order valence-corrected chi connectivity index (χ4v) is 2.07. The summed E-state index contributed by atoms with van der Waals surface area (Å²) in [7, 11) is 0. The van der Waals surface area contributed by atoms with Crippen LogP contribution < -0.4 is 0 Å². The molecular formula is C8H11O3PS2. The monoisotopic (exact) mass is 250 g/mol. The lowest BCUT2D eigenvalue weighted by molar-refractivity contribution is 0.326. The van der Waals surface area contributed by atoms with Gasteiger partial charge in [-0.1, -0.05) is 30.8 Å². The Bertz CT molecular complexity index is 367. The standard InChI is InChI=1S/C8H11O3PS2/c1-5-3-4-7(8(13)6(5)2)11-12(9,10)14/h3-4,6H,1-2H3,(H2,9,10,14). The summed E-state index contributed by atoms with van der Waals surface area (Å²) in [6, 6.07) is 0. The summed E-state index contributed by atoms with van der Waals surface area (Å²) in [5.74, 6) is 0.373. The van der Waals surface area contributed by atoms with Crippen LogP contribution in [0.1, 0.15) is 13.8 Å². The van der Waals surface area contributed by atoms with Crippen LogP contribution in [0.15, 0.2) is 23.5 Å². The summed E-state index contributed by atoms with van der Waals surface area (Å²) in [6.45, 7) is 0.220. The lowest BCUT2D eigenvalue weighted by Gasteiger charge is -2.22. The molecule has 0 aliphatic heterocycles. The van der Waals surface area contributed by atoms with Gasteiger partial charge in [-0.2, -0.15) is 0 Å². The van der Waals surface area contributed by atoms with Crippen molar-refractivity contribution < 1.29 is 14.3 Å². The number of rotatable bonds is 2. The molecule has 6 heteroatoms. The van der Waals surface area contributed by atoms with Crippen molar-refractivity contribution in [3.8, 4) is 0 Å². The first-order chi connectivity index (χ1) is 6.31. The van der Waals surface area contributed by atoms with Crippen molar-refractivity contribution in [1.82, 2.24) is 0 Å². The van der Waals surface area contributed by atoms with E-state index >= 15 is 0 Å². The van der Waals surface area contributed by atoms with Gasteiger partial charge in [-0.3, -0.25) is 0 Å². The summed E-state index contributed by atoms with van der Waals surface area (Å²) >= 11 is 9.48. The third-order valence-electron chi connectivity index (χ3n) is 2.03. The highest BCUT2D eigenvalue weighted by Crippen LogP contribution is 2.41. The second-order valence-electron chi connectivity index (χ2n) is 3.11. The maximum atomic E-state index is 8.98. The molecule has 2 N–H and O–H groups in total. The zero-order chi connectivity index (χ0) is 10.9. The van der Waals surface area contributed by atoms with Gasteiger partial charge < -0.3 is 14.3 Å². The molecule has 0 saturated carbocycles. The molecule has 0 fully saturated rings. The van der Waals surface area contributed by atoms with E-state index < -0.39 is 6.72 Å². The first-order valence-corrected chi connectivity index (χ1v) is 7.02. The first kappa shape index (κ1) is 12.0. The molecule has 1 unspecified atom stereocenters. The van der Waals surface area contributed by atoms with Gasteiger partial charge in [-0.15, -0.1) is 0 Å². The topological polar surface area (TPSA) is 49.7 Å². The molecule has 0 saturated heterocycles. The molecule has 1 aliphatic rings. The Labute approximate surface area is 93.3 Å². The van der Waals surface area contributed by atoms with Crippen LogP contribution in [-0.4, -0.2) is 14.7 Å².